The Morgan fingerprint density at radius 3 is 1.97 bits per heavy atom. The first-order valence-corrected chi connectivity index (χ1v) is 10.6. The minimum atomic E-state index is -1.69. The number of carbonyl (C=O) groups excluding carboxylic acids is 5. The third-order valence-corrected chi connectivity index (χ3v) is 5.55. The molecule has 0 radical (unpaired) electrons. The maximum Gasteiger partial charge on any atom is 0.317 e. The largest absolute Gasteiger partial charge is 0.508 e. The molecule has 0 heterocycles. The van der Waals surface area contributed by atoms with Crippen molar-refractivity contribution >= 4 is 29.3 Å². The van der Waals surface area contributed by atoms with Gasteiger partial charge in [-0.3, -0.25) is 24.0 Å². The summed E-state index contributed by atoms with van der Waals surface area (Å²) >= 11 is 0. The topological polar surface area (TPSA) is 124 Å². The standard InChI is InChI=1S/C25H24O8/c1-3-32-19(28)13-18(27)21(25(31)33-4-2)20(16-11-7-8-12-17(16)26)22-23(29)14-9-5-6-10-15(14)24(22)30/h5-12,20-22,26H,3-4,13H2,1-2H3. The SMILES string of the molecule is CCOC(=O)CC(=O)C(C(=O)OCC)C(c1ccccc1O)C1C(=O)c2ccccc2C1=O. The number of fused-ring (bicyclic) bond motifs is 1. The molecule has 8 nitrogen and oxygen atoms in total. The monoisotopic (exact) mass is 452 g/mol. The van der Waals surface area contributed by atoms with Crippen molar-refractivity contribution in [2.24, 2.45) is 11.8 Å². The molecule has 0 saturated heterocycles. The summed E-state index contributed by atoms with van der Waals surface area (Å²) in [5, 5.41) is 10.6. The van der Waals surface area contributed by atoms with E-state index in [1.807, 2.05) is 0 Å². The molecule has 0 bridgehead atoms. The zero-order valence-electron chi connectivity index (χ0n) is 18.3. The summed E-state index contributed by atoms with van der Waals surface area (Å²) < 4.78 is 9.93. The van der Waals surface area contributed by atoms with Crippen LogP contribution in [0.15, 0.2) is 48.5 Å². The number of ketones is 3. The Morgan fingerprint density at radius 1 is 0.879 bits per heavy atom. The lowest BCUT2D eigenvalue weighted by Crippen LogP contribution is -2.39. The molecule has 0 saturated carbocycles. The second kappa shape index (κ2) is 10.2. The van der Waals surface area contributed by atoms with Crippen LogP contribution in [0.5, 0.6) is 5.75 Å². The molecule has 8 heteroatoms. The third kappa shape index (κ3) is 4.69. The van der Waals surface area contributed by atoms with Crippen molar-refractivity contribution in [2.45, 2.75) is 26.2 Å². The van der Waals surface area contributed by atoms with Crippen molar-refractivity contribution < 1.29 is 38.6 Å². The highest BCUT2D eigenvalue weighted by atomic mass is 16.5. The van der Waals surface area contributed by atoms with Crippen LogP contribution in [0.3, 0.4) is 0 Å². The van der Waals surface area contributed by atoms with Gasteiger partial charge >= 0.3 is 11.9 Å². The Hall–Kier alpha value is -3.81. The predicted octanol–water partition coefficient (Wildman–Crippen LogP) is 2.87. The molecule has 0 amide bonds. The average molecular weight is 452 g/mol. The highest BCUT2D eigenvalue weighted by Crippen LogP contribution is 2.44. The first kappa shape index (κ1) is 23.8. The van der Waals surface area contributed by atoms with E-state index in [9.17, 15) is 29.1 Å². The van der Waals surface area contributed by atoms with Crippen LogP contribution in [0, 0.1) is 11.8 Å². The van der Waals surface area contributed by atoms with Crippen molar-refractivity contribution in [1.82, 2.24) is 0 Å². The lowest BCUT2D eigenvalue weighted by Gasteiger charge is -2.28. The number of aromatic hydroxyl groups is 1. The molecule has 2 aromatic carbocycles. The molecule has 2 atom stereocenters. The normalized spacial score (nSPS) is 15.0. The maximum absolute atomic E-state index is 13.3. The van der Waals surface area contributed by atoms with Crippen LogP contribution in [0.25, 0.3) is 0 Å². The Bertz CT molecular complexity index is 1070. The number of Topliss-reactive ketones (excluding diaryl/α,β-unsaturated/α-hetero) is 3. The molecule has 2 aromatic rings. The van der Waals surface area contributed by atoms with Crippen molar-refractivity contribution in [1.29, 1.82) is 0 Å². The summed E-state index contributed by atoms with van der Waals surface area (Å²) in [4.78, 5) is 64.8. The van der Waals surface area contributed by atoms with Gasteiger partial charge in [0.25, 0.3) is 0 Å². The number of ether oxygens (including phenoxy) is 2. The van der Waals surface area contributed by atoms with Crippen molar-refractivity contribution in [2.75, 3.05) is 13.2 Å². The van der Waals surface area contributed by atoms with E-state index in [-0.39, 0.29) is 35.7 Å². The van der Waals surface area contributed by atoms with E-state index in [0.29, 0.717) is 0 Å². The van der Waals surface area contributed by atoms with Crippen molar-refractivity contribution in [3.05, 3.63) is 65.2 Å². The second-order valence-corrected chi connectivity index (χ2v) is 7.51. The van der Waals surface area contributed by atoms with Gasteiger partial charge in [0.1, 0.15) is 18.1 Å². The molecule has 1 aliphatic carbocycles. The number of hydrogen-bond acceptors (Lipinski definition) is 8. The quantitative estimate of drug-likeness (QED) is 0.455. The average Bonchev–Trinajstić information content (AvgIpc) is 3.03. The minimum Gasteiger partial charge on any atom is -0.508 e. The van der Waals surface area contributed by atoms with Crippen LogP contribution in [0.4, 0.5) is 0 Å². The molecule has 1 aliphatic rings. The van der Waals surface area contributed by atoms with Gasteiger partial charge in [-0.2, -0.15) is 0 Å². The summed E-state index contributed by atoms with van der Waals surface area (Å²) in [5.74, 6) is -8.64. The molecule has 33 heavy (non-hydrogen) atoms. The van der Waals surface area contributed by atoms with E-state index < -0.39 is 53.5 Å². The minimum absolute atomic E-state index is 0.0357. The zero-order valence-corrected chi connectivity index (χ0v) is 18.3. The molecule has 172 valence electrons. The van der Waals surface area contributed by atoms with Crippen LogP contribution < -0.4 is 0 Å². The predicted molar refractivity (Wildman–Crippen MR) is 116 cm³/mol. The van der Waals surface area contributed by atoms with E-state index in [1.54, 1.807) is 32.0 Å². The van der Waals surface area contributed by atoms with Crippen molar-refractivity contribution in [3.8, 4) is 5.75 Å². The van der Waals surface area contributed by atoms with Gasteiger partial charge in [0.2, 0.25) is 0 Å². The summed E-state index contributed by atoms with van der Waals surface area (Å²) in [6.07, 6.45) is -0.747. The van der Waals surface area contributed by atoms with Gasteiger partial charge < -0.3 is 14.6 Å². The molecule has 1 N–H and O–H groups in total. The van der Waals surface area contributed by atoms with E-state index in [2.05, 4.69) is 0 Å². The Labute approximate surface area is 190 Å². The number of para-hydroxylation sites is 1. The van der Waals surface area contributed by atoms with Gasteiger partial charge in [-0.15, -0.1) is 0 Å². The number of benzene rings is 2. The highest BCUT2D eigenvalue weighted by molar-refractivity contribution is 6.27. The van der Waals surface area contributed by atoms with Gasteiger partial charge in [-0.1, -0.05) is 42.5 Å². The van der Waals surface area contributed by atoms with Crippen LogP contribution in [-0.4, -0.2) is 47.6 Å². The second-order valence-electron chi connectivity index (χ2n) is 7.51. The molecular formula is C25H24O8. The number of phenols is 1. The molecule has 0 aliphatic heterocycles. The molecular weight excluding hydrogens is 428 g/mol. The summed E-state index contributed by atoms with van der Waals surface area (Å²) in [6.45, 7) is 3.08. The number of rotatable bonds is 9. The van der Waals surface area contributed by atoms with Crippen LogP contribution in [-0.2, 0) is 23.9 Å². The summed E-state index contributed by atoms with van der Waals surface area (Å²) in [6, 6.07) is 12.1. The van der Waals surface area contributed by atoms with Gasteiger partial charge in [0.15, 0.2) is 17.3 Å². The third-order valence-electron chi connectivity index (χ3n) is 5.55. The lowest BCUT2D eigenvalue weighted by molar-refractivity contribution is -0.154. The van der Waals surface area contributed by atoms with E-state index in [4.69, 9.17) is 9.47 Å². The molecule has 0 aromatic heterocycles. The van der Waals surface area contributed by atoms with Crippen LogP contribution in [0.2, 0.25) is 0 Å². The van der Waals surface area contributed by atoms with Crippen LogP contribution >= 0.6 is 0 Å². The van der Waals surface area contributed by atoms with Crippen molar-refractivity contribution in [3.63, 3.8) is 0 Å². The van der Waals surface area contributed by atoms with Gasteiger partial charge in [-0.25, -0.2) is 0 Å². The highest BCUT2D eigenvalue weighted by Gasteiger charge is 2.51. The Morgan fingerprint density at radius 2 is 1.42 bits per heavy atom. The Kier molecular flexibility index (Phi) is 7.37. The Balaban J connectivity index is 2.16. The molecule has 0 spiro atoms. The number of esters is 2. The van der Waals surface area contributed by atoms with Gasteiger partial charge in [-0.05, 0) is 25.5 Å². The van der Waals surface area contributed by atoms with Gasteiger partial charge in [0, 0.05) is 17.0 Å². The van der Waals surface area contributed by atoms with Crippen LogP contribution in [0.1, 0.15) is 52.5 Å². The maximum atomic E-state index is 13.3. The molecule has 3 rings (SSSR count). The summed E-state index contributed by atoms with van der Waals surface area (Å²) in [7, 11) is 0. The molecule has 0 fully saturated rings. The lowest BCUT2D eigenvalue weighted by atomic mass is 9.72. The number of hydrogen-bond donors (Lipinski definition) is 1. The van der Waals surface area contributed by atoms with E-state index in [0.717, 1.165) is 0 Å². The first-order chi connectivity index (χ1) is 15.8. The first-order valence-electron chi connectivity index (χ1n) is 10.6. The molecule has 2 unspecified atom stereocenters. The smallest absolute Gasteiger partial charge is 0.317 e. The fraction of sp³-hybridized carbons (Fsp3) is 0.320. The number of phenolic OH excluding ortho intramolecular Hbond substituents is 1. The fourth-order valence-corrected chi connectivity index (χ4v) is 4.19. The number of carbonyl (C=O) groups is 5. The van der Waals surface area contributed by atoms with Gasteiger partial charge in [0.05, 0.1) is 19.1 Å². The summed E-state index contributed by atoms with van der Waals surface area (Å²) in [5.41, 5.74) is 0.411. The van der Waals surface area contributed by atoms with E-state index in [1.165, 1.54) is 30.3 Å². The fourth-order valence-electron chi connectivity index (χ4n) is 4.19. The van der Waals surface area contributed by atoms with E-state index >= 15 is 0 Å². The zero-order chi connectivity index (χ0) is 24.1.